The number of hydrogen-bond acceptors (Lipinski definition) is 2. The van der Waals surface area contributed by atoms with Crippen molar-refractivity contribution in [3.8, 4) is 0 Å². The normalized spacial score (nSPS) is 16.1. The van der Waals surface area contributed by atoms with Gasteiger partial charge in [-0.3, -0.25) is 4.90 Å². The Morgan fingerprint density at radius 1 is 1.06 bits per heavy atom. The molecule has 2 atom stereocenters. The Kier molecular flexibility index (Phi) is 8.04. The molecule has 98 valence electrons. The topological polar surface area (TPSA) is 29.3 Å². The van der Waals surface area contributed by atoms with Gasteiger partial charge in [0.2, 0.25) is 0 Å². The van der Waals surface area contributed by atoms with E-state index in [1.54, 1.807) is 0 Å². The van der Waals surface area contributed by atoms with Gasteiger partial charge >= 0.3 is 0 Å². The minimum atomic E-state index is 0.545. The molecule has 0 radical (unpaired) electrons. The summed E-state index contributed by atoms with van der Waals surface area (Å²) < 4.78 is 0. The summed E-state index contributed by atoms with van der Waals surface area (Å²) in [5.74, 6) is 1.50. The molecule has 0 heterocycles. The van der Waals surface area contributed by atoms with Crippen LogP contribution in [0.1, 0.15) is 53.9 Å². The van der Waals surface area contributed by atoms with Crippen LogP contribution in [-0.4, -0.2) is 30.6 Å². The molecule has 2 N–H and O–H groups in total. The summed E-state index contributed by atoms with van der Waals surface area (Å²) in [4.78, 5) is 2.50. The molecule has 0 aromatic heterocycles. The molecule has 0 spiro atoms. The molecule has 0 aromatic rings. The summed E-state index contributed by atoms with van der Waals surface area (Å²) in [5, 5.41) is 0. The number of nitrogens with two attached hydrogens (primary N) is 1. The van der Waals surface area contributed by atoms with Crippen LogP contribution in [0.2, 0.25) is 0 Å². The van der Waals surface area contributed by atoms with Crippen LogP contribution in [0, 0.1) is 11.8 Å². The maximum atomic E-state index is 5.95. The van der Waals surface area contributed by atoms with Crippen molar-refractivity contribution in [2.75, 3.05) is 13.6 Å². The fourth-order valence-electron chi connectivity index (χ4n) is 2.70. The summed E-state index contributed by atoms with van der Waals surface area (Å²) in [7, 11) is 2.24. The Morgan fingerprint density at radius 3 is 1.88 bits per heavy atom. The van der Waals surface area contributed by atoms with E-state index in [4.69, 9.17) is 5.73 Å². The zero-order chi connectivity index (χ0) is 12.7. The molecule has 0 aliphatic heterocycles. The van der Waals surface area contributed by atoms with Crippen molar-refractivity contribution < 1.29 is 0 Å². The van der Waals surface area contributed by atoms with Crippen LogP contribution in [0.4, 0.5) is 0 Å². The molecule has 2 heteroatoms. The van der Waals surface area contributed by atoms with Crippen LogP contribution in [-0.2, 0) is 0 Å². The van der Waals surface area contributed by atoms with Crippen molar-refractivity contribution >= 4 is 0 Å². The van der Waals surface area contributed by atoms with Gasteiger partial charge in [0.15, 0.2) is 0 Å². The summed E-state index contributed by atoms with van der Waals surface area (Å²) in [6.45, 7) is 12.2. The van der Waals surface area contributed by atoms with Crippen LogP contribution in [0.25, 0.3) is 0 Å². The van der Waals surface area contributed by atoms with Gasteiger partial charge in [-0.1, -0.05) is 40.5 Å². The van der Waals surface area contributed by atoms with Crippen LogP contribution in [0.3, 0.4) is 0 Å². The molecule has 0 bridgehead atoms. The van der Waals surface area contributed by atoms with E-state index in [2.05, 4.69) is 46.6 Å². The van der Waals surface area contributed by atoms with E-state index >= 15 is 0 Å². The van der Waals surface area contributed by atoms with Gasteiger partial charge in [0.25, 0.3) is 0 Å². The first kappa shape index (κ1) is 15.9. The van der Waals surface area contributed by atoms with Crippen molar-refractivity contribution in [3.05, 3.63) is 0 Å². The summed E-state index contributed by atoms with van der Waals surface area (Å²) in [6, 6.07) is 1.18. The molecule has 2 nitrogen and oxygen atoms in total. The molecule has 0 aliphatic carbocycles. The molecule has 0 saturated carbocycles. The zero-order valence-electron chi connectivity index (χ0n) is 12.2. The van der Waals surface area contributed by atoms with Gasteiger partial charge in [-0.15, -0.1) is 0 Å². The molecule has 0 amide bonds. The van der Waals surface area contributed by atoms with Gasteiger partial charge in [0.05, 0.1) is 0 Å². The van der Waals surface area contributed by atoms with E-state index in [9.17, 15) is 0 Å². The number of likely N-dealkylation sites (N-methyl/N-ethyl adjacent to an activating group) is 1. The Labute approximate surface area is 103 Å². The van der Waals surface area contributed by atoms with E-state index in [0.717, 1.165) is 18.4 Å². The quantitative estimate of drug-likeness (QED) is 0.691. The van der Waals surface area contributed by atoms with E-state index in [-0.39, 0.29) is 0 Å². The number of nitrogens with zero attached hydrogens (tertiary/aromatic N) is 1. The Hall–Kier alpha value is -0.0800. The fourth-order valence-corrected chi connectivity index (χ4v) is 2.70. The van der Waals surface area contributed by atoms with Gasteiger partial charge in [-0.05, 0) is 32.2 Å². The Morgan fingerprint density at radius 2 is 1.56 bits per heavy atom. The van der Waals surface area contributed by atoms with Gasteiger partial charge in [-0.25, -0.2) is 0 Å². The highest BCUT2D eigenvalue weighted by Crippen LogP contribution is 2.21. The summed E-state index contributed by atoms with van der Waals surface area (Å²) in [6.07, 6.45) is 3.72. The molecule has 0 fully saturated rings. The zero-order valence-corrected chi connectivity index (χ0v) is 12.2. The van der Waals surface area contributed by atoms with Crippen molar-refractivity contribution in [1.82, 2.24) is 4.90 Å². The SMILES string of the molecule is CCC(CC)C(CN)N(C)C(C)CC(C)C. The third-order valence-electron chi connectivity index (χ3n) is 3.87. The van der Waals surface area contributed by atoms with Crippen molar-refractivity contribution in [2.24, 2.45) is 17.6 Å². The van der Waals surface area contributed by atoms with E-state index in [1.807, 2.05) is 0 Å². The summed E-state index contributed by atoms with van der Waals surface area (Å²) >= 11 is 0. The molecule has 16 heavy (non-hydrogen) atoms. The largest absolute Gasteiger partial charge is 0.329 e. The predicted molar refractivity (Wildman–Crippen MR) is 73.6 cm³/mol. The highest BCUT2D eigenvalue weighted by Gasteiger charge is 2.24. The summed E-state index contributed by atoms with van der Waals surface area (Å²) in [5.41, 5.74) is 5.95. The third kappa shape index (κ3) is 4.84. The molecule has 0 aliphatic rings. The number of rotatable bonds is 8. The second-order valence-electron chi connectivity index (χ2n) is 5.52. The van der Waals surface area contributed by atoms with Crippen LogP contribution in [0.5, 0.6) is 0 Å². The molecule has 0 saturated heterocycles. The molecule has 2 unspecified atom stereocenters. The second kappa shape index (κ2) is 8.08. The lowest BCUT2D eigenvalue weighted by Gasteiger charge is -2.37. The lowest BCUT2D eigenvalue weighted by atomic mass is 9.91. The van der Waals surface area contributed by atoms with Gasteiger partial charge < -0.3 is 5.73 Å². The maximum Gasteiger partial charge on any atom is 0.0246 e. The van der Waals surface area contributed by atoms with Gasteiger partial charge in [-0.2, -0.15) is 0 Å². The van der Waals surface area contributed by atoms with E-state index in [0.29, 0.717) is 12.1 Å². The molecular weight excluding hydrogens is 196 g/mol. The standard InChI is InChI=1S/C14H32N2/c1-7-13(8-2)14(10-15)16(6)12(5)9-11(3)4/h11-14H,7-10,15H2,1-6H3. The Bertz CT molecular complexity index is 164. The van der Waals surface area contributed by atoms with Gasteiger partial charge in [0, 0.05) is 18.6 Å². The highest BCUT2D eigenvalue weighted by molar-refractivity contribution is 4.80. The minimum Gasteiger partial charge on any atom is -0.329 e. The number of hydrogen-bond donors (Lipinski definition) is 1. The fraction of sp³-hybridized carbons (Fsp3) is 1.00. The predicted octanol–water partition coefficient (Wildman–Crippen LogP) is 3.12. The molecule has 0 aromatic carbocycles. The lowest BCUT2D eigenvalue weighted by Crippen LogP contribution is -2.47. The van der Waals surface area contributed by atoms with E-state index in [1.165, 1.54) is 19.3 Å². The van der Waals surface area contributed by atoms with Crippen LogP contribution >= 0.6 is 0 Å². The maximum absolute atomic E-state index is 5.95. The molecular formula is C14H32N2. The van der Waals surface area contributed by atoms with Gasteiger partial charge in [0.1, 0.15) is 0 Å². The van der Waals surface area contributed by atoms with Crippen molar-refractivity contribution in [1.29, 1.82) is 0 Å². The first-order valence-electron chi connectivity index (χ1n) is 6.89. The average molecular weight is 228 g/mol. The third-order valence-corrected chi connectivity index (χ3v) is 3.87. The Balaban J connectivity index is 4.44. The average Bonchev–Trinajstić information content (AvgIpc) is 2.23. The van der Waals surface area contributed by atoms with Crippen LogP contribution in [0.15, 0.2) is 0 Å². The first-order chi connectivity index (χ1) is 7.47. The monoisotopic (exact) mass is 228 g/mol. The van der Waals surface area contributed by atoms with Crippen molar-refractivity contribution in [2.45, 2.75) is 66.0 Å². The first-order valence-corrected chi connectivity index (χ1v) is 6.89. The van der Waals surface area contributed by atoms with Crippen LogP contribution < -0.4 is 5.73 Å². The smallest absolute Gasteiger partial charge is 0.0246 e. The highest BCUT2D eigenvalue weighted by atomic mass is 15.2. The molecule has 0 rings (SSSR count). The van der Waals surface area contributed by atoms with Crippen molar-refractivity contribution in [3.63, 3.8) is 0 Å². The lowest BCUT2D eigenvalue weighted by molar-refractivity contribution is 0.118. The second-order valence-corrected chi connectivity index (χ2v) is 5.52. The minimum absolute atomic E-state index is 0.545. The van der Waals surface area contributed by atoms with E-state index < -0.39 is 0 Å².